The highest BCUT2D eigenvalue weighted by Gasteiger charge is 2.34. The van der Waals surface area contributed by atoms with Gasteiger partial charge >= 0.3 is 5.97 Å². The number of rotatable bonds is 13. The molecule has 3 aromatic carbocycles. The van der Waals surface area contributed by atoms with Gasteiger partial charge in [-0.2, -0.15) is 0 Å². The van der Waals surface area contributed by atoms with Gasteiger partial charge in [0.2, 0.25) is 0 Å². The fraction of sp³-hybridized carbons (Fsp3) is 0.306. The fourth-order valence-corrected chi connectivity index (χ4v) is 7.28. The molecule has 4 aromatic rings. The van der Waals surface area contributed by atoms with Crippen molar-refractivity contribution >= 4 is 51.7 Å². The molecule has 5 rings (SSSR count). The number of hydrogen-bond donors (Lipinski definition) is 0. The SMILES string of the molecule is CCOC(=O)C1=C(C)N=c2s/c(=C\c3cc(I)c(OCc4cccc([N+](=O)[O-])c4)c(OCC)c3)c(=O)n2[C@H]1c1ccc(OC(C)C)c(OC)c1. The molecule has 1 aromatic heterocycles. The summed E-state index contributed by atoms with van der Waals surface area (Å²) in [6.07, 6.45) is 1.66. The Hall–Kier alpha value is -4.70. The molecule has 12 nitrogen and oxygen atoms in total. The summed E-state index contributed by atoms with van der Waals surface area (Å²) in [5.74, 6) is 1.37. The summed E-state index contributed by atoms with van der Waals surface area (Å²) in [5, 5.41) is 11.2. The van der Waals surface area contributed by atoms with Crippen molar-refractivity contribution in [2.45, 2.75) is 53.4 Å². The topological polar surface area (TPSA) is 141 Å². The second kappa shape index (κ2) is 15.9. The van der Waals surface area contributed by atoms with E-state index in [2.05, 4.69) is 27.6 Å². The van der Waals surface area contributed by atoms with E-state index in [0.717, 1.165) is 0 Å². The van der Waals surface area contributed by atoms with Crippen LogP contribution >= 0.6 is 33.9 Å². The zero-order valence-electron chi connectivity index (χ0n) is 28.4. The minimum atomic E-state index is -0.835. The van der Waals surface area contributed by atoms with E-state index in [1.54, 1.807) is 50.3 Å². The van der Waals surface area contributed by atoms with E-state index in [1.165, 1.54) is 35.1 Å². The Balaban J connectivity index is 1.59. The standard InChI is InChI=1S/C36H36IN3O9S/c1-7-46-29-16-23(15-26(37)33(29)48-19-22-10-9-11-25(14-22)40(43)44)17-30-34(41)39-32(24-12-13-27(49-20(3)4)28(18-24)45-6)31(35(42)47-8-2)21(5)38-36(39)50-30/h9-18,20,32H,7-8,19H2,1-6H3/b30-17-/t32-/m0/s1. The number of esters is 1. The van der Waals surface area contributed by atoms with Crippen molar-refractivity contribution in [3.8, 4) is 23.0 Å². The van der Waals surface area contributed by atoms with Crippen LogP contribution in [0.15, 0.2) is 75.7 Å². The van der Waals surface area contributed by atoms with Crippen LogP contribution in [0.4, 0.5) is 5.69 Å². The van der Waals surface area contributed by atoms with Gasteiger partial charge in [0, 0.05) is 12.1 Å². The van der Waals surface area contributed by atoms with Gasteiger partial charge in [-0.1, -0.05) is 29.5 Å². The molecule has 0 amide bonds. The number of methoxy groups -OCH3 is 1. The molecule has 2 heterocycles. The van der Waals surface area contributed by atoms with E-state index in [1.807, 2.05) is 32.9 Å². The Morgan fingerprint density at radius 2 is 1.86 bits per heavy atom. The van der Waals surface area contributed by atoms with Gasteiger partial charge in [-0.3, -0.25) is 19.5 Å². The lowest BCUT2D eigenvalue weighted by Gasteiger charge is -2.25. The number of carbonyl (C=O) groups is 1. The molecule has 0 aliphatic carbocycles. The maximum atomic E-state index is 14.2. The first-order valence-electron chi connectivity index (χ1n) is 15.8. The van der Waals surface area contributed by atoms with Crippen LogP contribution in [-0.2, 0) is 16.1 Å². The van der Waals surface area contributed by atoms with Gasteiger partial charge in [-0.05, 0) is 104 Å². The van der Waals surface area contributed by atoms with Gasteiger partial charge in [0.05, 0.1) is 56.8 Å². The molecular weight excluding hydrogens is 777 g/mol. The normalized spacial score (nSPS) is 14.2. The summed E-state index contributed by atoms with van der Waals surface area (Å²) in [4.78, 5) is 43.5. The van der Waals surface area contributed by atoms with Gasteiger partial charge < -0.3 is 23.7 Å². The van der Waals surface area contributed by atoms with Crippen molar-refractivity contribution in [3.05, 3.63) is 116 Å². The van der Waals surface area contributed by atoms with Crippen molar-refractivity contribution in [2.24, 2.45) is 4.99 Å². The van der Waals surface area contributed by atoms with E-state index in [9.17, 15) is 19.7 Å². The van der Waals surface area contributed by atoms with E-state index < -0.39 is 16.9 Å². The molecule has 0 bridgehead atoms. The maximum absolute atomic E-state index is 14.2. The van der Waals surface area contributed by atoms with E-state index in [-0.39, 0.29) is 36.1 Å². The van der Waals surface area contributed by atoms with E-state index in [0.29, 0.717) is 64.9 Å². The molecule has 0 spiro atoms. The molecule has 0 radical (unpaired) electrons. The third-order valence-corrected chi connectivity index (χ3v) is 9.30. The summed E-state index contributed by atoms with van der Waals surface area (Å²) in [7, 11) is 1.53. The van der Waals surface area contributed by atoms with Crippen molar-refractivity contribution in [2.75, 3.05) is 20.3 Å². The van der Waals surface area contributed by atoms with Crippen LogP contribution in [0.2, 0.25) is 0 Å². The molecular formula is C36H36IN3O9S. The number of benzene rings is 3. The number of nitrogens with zero attached hydrogens (tertiary/aromatic N) is 3. The quantitative estimate of drug-likeness (QED) is 0.0680. The first-order valence-corrected chi connectivity index (χ1v) is 17.7. The van der Waals surface area contributed by atoms with Gasteiger partial charge in [-0.15, -0.1) is 0 Å². The second-order valence-corrected chi connectivity index (χ2v) is 13.5. The molecule has 1 aliphatic heterocycles. The van der Waals surface area contributed by atoms with Crippen molar-refractivity contribution in [3.63, 3.8) is 0 Å². The van der Waals surface area contributed by atoms with Crippen molar-refractivity contribution < 1.29 is 33.4 Å². The van der Waals surface area contributed by atoms with Gasteiger partial charge in [0.25, 0.3) is 11.2 Å². The van der Waals surface area contributed by atoms with Crippen molar-refractivity contribution in [1.82, 2.24) is 4.57 Å². The predicted molar refractivity (Wildman–Crippen MR) is 197 cm³/mol. The third kappa shape index (κ3) is 7.86. The minimum absolute atomic E-state index is 0.0225. The molecule has 14 heteroatoms. The van der Waals surface area contributed by atoms with E-state index >= 15 is 0 Å². The minimum Gasteiger partial charge on any atom is -0.493 e. The number of halogens is 1. The zero-order chi connectivity index (χ0) is 36.1. The lowest BCUT2D eigenvalue weighted by atomic mass is 9.95. The Bertz CT molecular complexity index is 2160. The molecule has 50 heavy (non-hydrogen) atoms. The Kier molecular flexibility index (Phi) is 11.6. The number of ether oxygens (including phenoxy) is 5. The summed E-state index contributed by atoms with van der Waals surface area (Å²) < 4.78 is 31.6. The number of nitro benzene ring substituents is 1. The summed E-state index contributed by atoms with van der Waals surface area (Å²) in [6, 6.07) is 14.4. The van der Waals surface area contributed by atoms with Gasteiger partial charge in [-0.25, -0.2) is 9.79 Å². The molecule has 0 fully saturated rings. The van der Waals surface area contributed by atoms with Crippen LogP contribution in [0.25, 0.3) is 6.08 Å². The molecule has 0 saturated heterocycles. The number of carbonyl (C=O) groups excluding carboxylic acids is 1. The summed E-state index contributed by atoms with van der Waals surface area (Å²) in [5.41, 5.74) is 2.28. The largest absolute Gasteiger partial charge is 0.493 e. The molecule has 0 saturated carbocycles. The Labute approximate surface area is 305 Å². The number of allylic oxidation sites excluding steroid dienone is 1. The molecule has 262 valence electrons. The van der Waals surface area contributed by atoms with E-state index in [4.69, 9.17) is 23.7 Å². The molecule has 0 N–H and O–H groups in total. The lowest BCUT2D eigenvalue weighted by molar-refractivity contribution is -0.384. The fourth-order valence-electron chi connectivity index (χ4n) is 5.45. The lowest BCUT2D eigenvalue weighted by Crippen LogP contribution is -2.40. The van der Waals surface area contributed by atoms with Crippen LogP contribution < -0.4 is 33.8 Å². The smallest absolute Gasteiger partial charge is 0.338 e. The monoisotopic (exact) mass is 813 g/mol. The number of hydrogen-bond acceptors (Lipinski definition) is 11. The zero-order valence-corrected chi connectivity index (χ0v) is 31.3. The summed E-state index contributed by atoms with van der Waals surface area (Å²) >= 11 is 3.34. The second-order valence-electron chi connectivity index (χ2n) is 11.4. The molecule has 1 aliphatic rings. The van der Waals surface area contributed by atoms with Crippen LogP contribution in [0.1, 0.15) is 57.4 Å². The Morgan fingerprint density at radius 1 is 1.08 bits per heavy atom. The highest BCUT2D eigenvalue weighted by atomic mass is 127. The van der Waals surface area contributed by atoms with Gasteiger partial charge in [0.1, 0.15) is 6.61 Å². The Morgan fingerprint density at radius 3 is 2.54 bits per heavy atom. The number of aromatic nitrogens is 1. The van der Waals surface area contributed by atoms with Crippen LogP contribution in [-0.4, -0.2) is 41.9 Å². The van der Waals surface area contributed by atoms with Crippen LogP contribution in [0.5, 0.6) is 23.0 Å². The first kappa shape index (κ1) is 36.6. The van der Waals surface area contributed by atoms with Crippen LogP contribution in [0, 0.1) is 13.7 Å². The number of nitro groups is 1. The number of fused-ring (bicyclic) bond motifs is 1. The highest BCUT2D eigenvalue weighted by Crippen LogP contribution is 2.37. The third-order valence-electron chi connectivity index (χ3n) is 7.52. The highest BCUT2D eigenvalue weighted by molar-refractivity contribution is 14.1. The molecule has 1 atom stereocenters. The number of non-ortho nitro benzene ring substituents is 1. The number of thiazole rings is 1. The van der Waals surface area contributed by atoms with Crippen LogP contribution in [0.3, 0.4) is 0 Å². The predicted octanol–water partition coefficient (Wildman–Crippen LogP) is 6.08. The summed E-state index contributed by atoms with van der Waals surface area (Å²) in [6.45, 7) is 9.73. The first-order chi connectivity index (χ1) is 23.9. The molecule has 0 unspecified atom stereocenters. The van der Waals surface area contributed by atoms with Gasteiger partial charge in [0.15, 0.2) is 27.8 Å². The average Bonchev–Trinajstić information content (AvgIpc) is 3.37. The average molecular weight is 814 g/mol. The maximum Gasteiger partial charge on any atom is 0.338 e. The van der Waals surface area contributed by atoms with Crippen molar-refractivity contribution in [1.29, 1.82) is 0 Å².